The van der Waals surface area contributed by atoms with Gasteiger partial charge in [-0.05, 0) is 5.56 Å². The first-order valence-electron chi connectivity index (χ1n) is 5.15. The lowest BCUT2D eigenvalue weighted by atomic mass is 9.81. The average molecular weight is 218 g/mol. The Bertz CT molecular complexity index is 529. The van der Waals surface area contributed by atoms with Crippen LogP contribution in [0.25, 0.3) is 10.9 Å². The molecule has 1 aromatic heterocycles. The van der Waals surface area contributed by atoms with E-state index in [0.29, 0.717) is 0 Å². The van der Waals surface area contributed by atoms with Gasteiger partial charge in [-0.1, -0.05) is 32.0 Å². The van der Waals surface area contributed by atoms with Crippen LogP contribution in [0.4, 0.5) is 0 Å². The number of H-pyrrole nitrogens is 1. The summed E-state index contributed by atoms with van der Waals surface area (Å²) in [7, 11) is 0. The Labute approximate surface area is 93.3 Å². The minimum absolute atomic E-state index is 0.102. The molecule has 0 spiro atoms. The summed E-state index contributed by atoms with van der Waals surface area (Å²) in [6, 6.07) is 5.83. The van der Waals surface area contributed by atoms with Gasteiger partial charge in [-0.25, -0.2) is 0 Å². The van der Waals surface area contributed by atoms with E-state index in [0.717, 1.165) is 16.5 Å². The van der Waals surface area contributed by atoms with E-state index in [1.807, 2.05) is 32.0 Å². The van der Waals surface area contributed by atoms with E-state index < -0.39 is 11.4 Å². The molecule has 0 saturated carbocycles. The van der Waals surface area contributed by atoms with Crippen LogP contribution in [0.2, 0.25) is 0 Å². The molecule has 1 heterocycles. The van der Waals surface area contributed by atoms with Crippen LogP contribution in [0.3, 0.4) is 0 Å². The molecule has 16 heavy (non-hydrogen) atoms. The van der Waals surface area contributed by atoms with E-state index in [-0.39, 0.29) is 6.42 Å². The molecule has 0 aliphatic rings. The van der Waals surface area contributed by atoms with Crippen LogP contribution in [0.15, 0.2) is 24.4 Å². The fourth-order valence-corrected chi connectivity index (χ4v) is 2.01. The van der Waals surface area contributed by atoms with Crippen LogP contribution in [-0.4, -0.2) is 21.3 Å². The summed E-state index contributed by atoms with van der Waals surface area (Å²) in [5.74, 6) is -0.790. The number of benzene rings is 1. The number of nitrogens with zero attached hydrogens (tertiary/aromatic N) is 1. The van der Waals surface area contributed by atoms with E-state index in [1.54, 1.807) is 6.20 Å². The summed E-state index contributed by atoms with van der Waals surface area (Å²) >= 11 is 0. The number of aromatic amines is 1. The Hall–Kier alpha value is -1.84. The van der Waals surface area contributed by atoms with Gasteiger partial charge >= 0.3 is 5.97 Å². The van der Waals surface area contributed by atoms with E-state index >= 15 is 0 Å². The second-order valence-electron chi connectivity index (χ2n) is 4.59. The van der Waals surface area contributed by atoms with Crippen molar-refractivity contribution in [3.05, 3.63) is 30.0 Å². The molecule has 2 aromatic rings. The van der Waals surface area contributed by atoms with Crippen LogP contribution < -0.4 is 0 Å². The predicted octanol–water partition coefficient (Wildman–Crippen LogP) is 2.32. The topological polar surface area (TPSA) is 66.0 Å². The number of aromatic nitrogens is 2. The third-order valence-electron chi connectivity index (χ3n) is 2.80. The van der Waals surface area contributed by atoms with Crippen LogP contribution in [0.5, 0.6) is 0 Å². The molecule has 0 aliphatic heterocycles. The van der Waals surface area contributed by atoms with Crippen molar-refractivity contribution in [1.82, 2.24) is 10.2 Å². The zero-order valence-corrected chi connectivity index (χ0v) is 9.32. The SMILES string of the molecule is CC(C)(CC(=O)O)c1cccc2cn[nH]c12. The van der Waals surface area contributed by atoms with E-state index in [4.69, 9.17) is 5.11 Å². The van der Waals surface area contributed by atoms with Gasteiger partial charge in [0, 0.05) is 10.8 Å². The molecule has 0 amide bonds. The molecule has 84 valence electrons. The molecule has 2 N–H and O–H groups in total. The first-order chi connectivity index (χ1) is 7.50. The number of carboxylic acid groups (broad SMARTS) is 1. The quantitative estimate of drug-likeness (QED) is 0.830. The Morgan fingerprint density at radius 2 is 2.25 bits per heavy atom. The molecule has 0 fully saturated rings. The summed E-state index contributed by atoms with van der Waals surface area (Å²) in [4.78, 5) is 10.8. The second-order valence-corrected chi connectivity index (χ2v) is 4.59. The van der Waals surface area contributed by atoms with Crippen LogP contribution in [0, 0.1) is 0 Å². The number of hydrogen-bond donors (Lipinski definition) is 2. The molecule has 0 bridgehead atoms. The summed E-state index contributed by atoms with van der Waals surface area (Å²) in [5, 5.41) is 16.8. The van der Waals surface area contributed by atoms with Gasteiger partial charge in [0.05, 0.1) is 18.1 Å². The molecule has 4 nitrogen and oxygen atoms in total. The van der Waals surface area contributed by atoms with Gasteiger partial charge in [0.1, 0.15) is 0 Å². The zero-order valence-electron chi connectivity index (χ0n) is 9.32. The molecule has 0 aliphatic carbocycles. The van der Waals surface area contributed by atoms with Crippen molar-refractivity contribution in [3.63, 3.8) is 0 Å². The maximum absolute atomic E-state index is 10.8. The maximum Gasteiger partial charge on any atom is 0.304 e. The highest BCUT2D eigenvalue weighted by atomic mass is 16.4. The summed E-state index contributed by atoms with van der Waals surface area (Å²) < 4.78 is 0. The standard InChI is InChI=1S/C12H14N2O2/c1-12(2,6-10(15)16)9-5-3-4-8-7-13-14-11(8)9/h3-5,7H,6H2,1-2H3,(H,13,14)(H,15,16). The molecule has 0 unspecified atom stereocenters. The molecule has 0 atom stereocenters. The summed E-state index contributed by atoms with van der Waals surface area (Å²) in [6.07, 6.45) is 1.85. The van der Waals surface area contributed by atoms with Crippen molar-refractivity contribution in [1.29, 1.82) is 0 Å². The third kappa shape index (κ3) is 1.78. The number of rotatable bonds is 3. The smallest absolute Gasteiger partial charge is 0.304 e. The number of carbonyl (C=O) groups is 1. The first kappa shape index (κ1) is 10.7. The maximum atomic E-state index is 10.8. The second kappa shape index (κ2) is 3.63. The fourth-order valence-electron chi connectivity index (χ4n) is 2.01. The van der Waals surface area contributed by atoms with Crippen molar-refractivity contribution >= 4 is 16.9 Å². The van der Waals surface area contributed by atoms with Gasteiger partial charge in [-0.3, -0.25) is 9.89 Å². The summed E-state index contributed by atoms with van der Waals surface area (Å²) in [5.41, 5.74) is 1.51. The highest BCUT2D eigenvalue weighted by Gasteiger charge is 2.26. The van der Waals surface area contributed by atoms with Crippen molar-refractivity contribution < 1.29 is 9.90 Å². The van der Waals surface area contributed by atoms with Crippen molar-refractivity contribution in [2.75, 3.05) is 0 Å². The molecule has 2 rings (SSSR count). The number of nitrogens with one attached hydrogen (secondary N) is 1. The van der Waals surface area contributed by atoms with E-state index in [9.17, 15) is 4.79 Å². The Morgan fingerprint density at radius 3 is 2.94 bits per heavy atom. The highest BCUT2D eigenvalue weighted by Crippen LogP contribution is 2.31. The van der Waals surface area contributed by atoms with E-state index in [2.05, 4.69) is 10.2 Å². The van der Waals surface area contributed by atoms with Gasteiger partial charge in [-0.15, -0.1) is 0 Å². The molecule has 0 radical (unpaired) electrons. The van der Waals surface area contributed by atoms with Gasteiger partial charge in [0.2, 0.25) is 0 Å². The van der Waals surface area contributed by atoms with Gasteiger partial charge in [0.15, 0.2) is 0 Å². The third-order valence-corrected chi connectivity index (χ3v) is 2.80. The lowest BCUT2D eigenvalue weighted by molar-refractivity contribution is -0.138. The minimum Gasteiger partial charge on any atom is -0.481 e. The molecular weight excluding hydrogens is 204 g/mol. The van der Waals surface area contributed by atoms with Crippen molar-refractivity contribution in [2.45, 2.75) is 25.7 Å². The summed E-state index contributed by atoms with van der Waals surface area (Å²) in [6.45, 7) is 3.85. The fraction of sp³-hybridized carbons (Fsp3) is 0.333. The number of hydrogen-bond acceptors (Lipinski definition) is 2. The Kier molecular flexibility index (Phi) is 2.42. The molecule has 1 aromatic carbocycles. The lowest BCUT2D eigenvalue weighted by Crippen LogP contribution is -2.22. The number of carboxylic acids is 1. The van der Waals surface area contributed by atoms with Crippen LogP contribution in [0.1, 0.15) is 25.8 Å². The predicted molar refractivity (Wildman–Crippen MR) is 61.4 cm³/mol. The van der Waals surface area contributed by atoms with E-state index in [1.165, 1.54) is 0 Å². The van der Waals surface area contributed by atoms with Crippen molar-refractivity contribution in [3.8, 4) is 0 Å². The normalized spacial score (nSPS) is 11.9. The highest BCUT2D eigenvalue weighted by molar-refractivity contribution is 5.83. The van der Waals surface area contributed by atoms with Crippen LogP contribution >= 0.6 is 0 Å². The first-order valence-corrected chi connectivity index (χ1v) is 5.15. The van der Waals surface area contributed by atoms with Gasteiger partial charge < -0.3 is 5.11 Å². The lowest BCUT2D eigenvalue weighted by Gasteiger charge is -2.23. The van der Waals surface area contributed by atoms with Gasteiger partial charge in [-0.2, -0.15) is 5.10 Å². The Balaban J connectivity index is 2.53. The zero-order chi connectivity index (χ0) is 11.8. The Morgan fingerprint density at radius 1 is 1.50 bits per heavy atom. The van der Waals surface area contributed by atoms with Gasteiger partial charge in [0.25, 0.3) is 0 Å². The number of aliphatic carboxylic acids is 1. The molecule has 4 heteroatoms. The number of fused-ring (bicyclic) bond motifs is 1. The van der Waals surface area contributed by atoms with Crippen LogP contribution in [-0.2, 0) is 10.2 Å². The van der Waals surface area contributed by atoms with Crippen molar-refractivity contribution in [2.24, 2.45) is 0 Å². The number of para-hydroxylation sites is 1. The molecule has 0 saturated heterocycles. The monoisotopic (exact) mass is 218 g/mol. The average Bonchev–Trinajstić information content (AvgIpc) is 2.62. The minimum atomic E-state index is -0.790. The molecular formula is C12H14N2O2. The largest absolute Gasteiger partial charge is 0.481 e.